The van der Waals surface area contributed by atoms with Gasteiger partial charge in [0.1, 0.15) is 6.04 Å². The molecular formula is C24H26N6O. The van der Waals surface area contributed by atoms with E-state index >= 15 is 0 Å². The van der Waals surface area contributed by atoms with Crippen LogP contribution in [0, 0.1) is 6.92 Å². The first-order valence-corrected chi connectivity index (χ1v) is 10.9. The number of nitrogens with one attached hydrogen (secondary N) is 1. The van der Waals surface area contributed by atoms with Gasteiger partial charge >= 0.3 is 0 Å². The Morgan fingerprint density at radius 3 is 2.65 bits per heavy atom. The quantitative estimate of drug-likeness (QED) is 0.541. The Labute approximate surface area is 180 Å². The van der Waals surface area contributed by atoms with E-state index in [1.54, 1.807) is 0 Å². The van der Waals surface area contributed by atoms with Crippen molar-refractivity contribution < 1.29 is 0 Å². The van der Waals surface area contributed by atoms with Crippen molar-refractivity contribution in [1.29, 1.82) is 0 Å². The van der Waals surface area contributed by atoms with Crippen molar-refractivity contribution in [3.8, 4) is 0 Å². The van der Waals surface area contributed by atoms with Crippen LogP contribution in [0.3, 0.4) is 0 Å². The van der Waals surface area contributed by atoms with Crippen LogP contribution in [0.5, 0.6) is 0 Å². The number of H-pyrrole nitrogens is 1. The summed E-state index contributed by atoms with van der Waals surface area (Å²) < 4.78 is 1.83. The van der Waals surface area contributed by atoms with Crippen LogP contribution in [-0.2, 0) is 6.54 Å². The van der Waals surface area contributed by atoms with E-state index < -0.39 is 0 Å². The average Bonchev–Trinajstić information content (AvgIpc) is 3.24. The molecule has 2 aromatic carbocycles. The molecule has 0 aliphatic carbocycles. The van der Waals surface area contributed by atoms with Gasteiger partial charge in [-0.25, -0.2) is 4.68 Å². The van der Waals surface area contributed by atoms with Crippen molar-refractivity contribution >= 4 is 10.9 Å². The molecule has 1 fully saturated rings. The number of rotatable bonds is 5. The number of fused-ring (bicyclic) bond motifs is 1. The number of aromatic nitrogens is 5. The Morgan fingerprint density at radius 2 is 1.84 bits per heavy atom. The van der Waals surface area contributed by atoms with Crippen molar-refractivity contribution in [2.45, 2.75) is 38.8 Å². The number of aromatic amines is 1. The van der Waals surface area contributed by atoms with Crippen molar-refractivity contribution in [3.05, 3.63) is 87.5 Å². The summed E-state index contributed by atoms with van der Waals surface area (Å²) in [6.07, 6.45) is 3.44. The van der Waals surface area contributed by atoms with E-state index in [4.69, 9.17) is 0 Å². The zero-order valence-electron chi connectivity index (χ0n) is 17.7. The van der Waals surface area contributed by atoms with E-state index in [9.17, 15) is 4.79 Å². The minimum atomic E-state index is -0.285. The normalized spacial score (nSPS) is 15.9. The monoisotopic (exact) mass is 414 g/mol. The zero-order valence-corrected chi connectivity index (χ0v) is 17.7. The third-order valence-electron chi connectivity index (χ3n) is 6.15. The Hall–Kier alpha value is -3.32. The highest BCUT2D eigenvalue weighted by atomic mass is 16.1. The van der Waals surface area contributed by atoms with Crippen molar-refractivity contribution in [1.82, 2.24) is 30.1 Å². The molecule has 1 N–H and O–H groups in total. The van der Waals surface area contributed by atoms with Crippen LogP contribution in [0.1, 0.15) is 47.8 Å². The lowest BCUT2D eigenvalue weighted by Crippen LogP contribution is -2.38. The van der Waals surface area contributed by atoms with Crippen LogP contribution >= 0.6 is 0 Å². The number of hydrogen-bond acceptors (Lipinski definition) is 5. The number of hydrogen-bond donors (Lipinski definition) is 1. The van der Waals surface area contributed by atoms with Gasteiger partial charge in [-0.15, -0.1) is 5.10 Å². The second kappa shape index (κ2) is 8.43. The molecule has 158 valence electrons. The van der Waals surface area contributed by atoms with Gasteiger partial charge in [0.05, 0.1) is 12.1 Å². The Morgan fingerprint density at radius 1 is 1.03 bits per heavy atom. The molecule has 0 unspecified atom stereocenters. The molecule has 2 aromatic heterocycles. The molecule has 5 rings (SSSR count). The molecule has 0 amide bonds. The first-order chi connectivity index (χ1) is 15.2. The van der Waals surface area contributed by atoms with E-state index in [2.05, 4.69) is 37.5 Å². The summed E-state index contributed by atoms with van der Waals surface area (Å²) in [4.78, 5) is 18.7. The van der Waals surface area contributed by atoms with Gasteiger partial charge in [-0.3, -0.25) is 9.69 Å². The fraction of sp³-hybridized carbons (Fsp3) is 0.333. The minimum absolute atomic E-state index is 0.0772. The molecule has 7 heteroatoms. The molecule has 31 heavy (non-hydrogen) atoms. The third-order valence-corrected chi connectivity index (χ3v) is 6.15. The predicted molar refractivity (Wildman–Crippen MR) is 120 cm³/mol. The summed E-state index contributed by atoms with van der Waals surface area (Å²) in [5, 5.41) is 13.7. The number of nitrogens with zero attached hydrogens (tertiary/aromatic N) is 5. The molecule has 1 aliphatic heterocycles. The SMILES string of the molecule is Cc1cccc2cc([C@@H](c3nnnn3Cc3ccccc3)N3CCCCC3)c(=O)[nH]c12. The van der Waals surface area contributed by atoms with Crippen LogP contribution in [0.2, 0.25) is 0 Å². The topological polar surface area (TPSA) is 79.7 Å². The Kier molecular flexibility index (Phi) is 5.34. The van der Waals surface area contributed by atoms with Gasteiger partial charge < -0.3 is 4.98 Å². The molecule has 1 aliphatic rings. The molecule has 4 aromatic rings. The summed E-state index contributed by atoms with van der Waals surface area (Å²) in [6, 6.07) is 18.0. The highest BCUT2D eigenvalue weighted by Gasteiger charge is 2.31. The number of benzene rings is 2. The molecule has 7 nitrogen and oxygen atoms in total. The minimum Gasteiger partial charge on any atom is -0.321 e. The van der Waals surface area contributed by atoms with E-state index in [0.29, 0.717) is 17.9 Å². The van der Waals surface area contributed by atoms with Crippen LogP contribution in [-0.4, -0.2) is 43.2 Å². The molecule has 1 atom stereocenters. The second-order valence-electron chi connectivity index (χ2n) is 8.27. The standard InChI is InChI=1S/C24H26N6O/c1-17-9-8-12-19-15-20(24(31)25-21(17)19)22(29-13-6-3-7-14-29)23-26-27-28-30(23)16-18-10-4-2-5-11-18/h2,4-5,8-12,15,22H,3,6-7,13-14,16H2,1H3,(H,25,31)/t22-/m0/s1. The van der Waals surface area contributed by atoms with Crippen LogP contribution in [0.15, 0.2) is 59.4 Å². The number of para-hydroxylation sites is 1. The lowest BCUT2D eigenvalue weighted by atomic mass is 9.99. The fourth-order valence-electron chi connectivity index (χ4n) is 4.56. The van der Waals surface area contributed by atoms with Crippen molar-refractivity contribution in [2.75, 3.05) is 13.1 Å². The van der Waals surface area contributed by atoms with Crippen molar-refractivity contribution in [3.63, 3.8) is 0 Å². The summed E-state index contributed by atoms with van der Waals surface area (Å²) in [6.45, 7) is 4.43. The zero-order chi connectivity index (χ0) is 21.2. The third kappa shape index (κ3) is 3.88. The molecule has 3 heterocycles. The highest BCUT2D eigenvalue weighted by molar-refractivity contribution is 5.82. The van der Waals surface area contributed by atoms with Crippen LogP contribution in [0.4, 0.5) is 0 Å². The van der Waals surface area contributed by atoms with Crippen molar-refractivity contribution in [2.24, 2.45) is 0 Å². The second-order valence-corrected chi connectivity index (χ2v) is 8.27. The maximum Gasteiger partial charge on any atom is 0.253 e. The van der Waals surface area contributed by atoms with E-state index in [1.165, 1.54) is 6.42 Å². The highest BCUT2D eigenvalue weighted by Crippen LogP contribution is 2.30. The first kappa shape index (κ1) is 19.6. The number of pyridine rings is 1. The molecule has 0 radical (unpaired) electrons. The average molecular weight is 415 g/mol. The van der Waals surface area contributed by atoms with Gasteiger partial charge in [0, 0.05) is 5.56 Å². The summed E-state index contributed by atoms with van der Waals surface area (Å²) in [5.74, 6) is 0.711. The number of likely N-dealkylation sites (tertiary alicyclic amines) is 1. The van der Waals surface area contributed by atoms with E-state index in [-0.39, 0.29) is 11.6 Å². The predicted octanol–water partition coefficient (Wildman–Crippen LogP) is 3.45. The fourth-order valence-corrected chi connectivity index (χ4v) is 4.56. The van der Waals surface area contributed by atoms with E-state index in [0.717, 1.165) is 48.0 Å². The first-order valence-electron chi connectivity index (χ1n) is 10.9. The molecular weight excluding hydrogens is 388 g/mol. The maximum absolute atomic E-state index is 13.3. The Balaban J connectivity index is 1.63. The van der Waals surface area contributed by atoms with Gasteiger partial charge in [0.2, 0.25) is 0 Å². The number of piperidine rings is 1. The maximum atomic E-state index is 13.3. The summed E-state index contributed by atoms with van der Waals surface area (Å²) >= 11 is 0. The van der Waals surface area contributed by atoms with Crippen LogP contribution in [0.25, 0.3) is 10.9 Å². The summed E-state index contributed by atoms with van der Waals surface area (Å²) in [7, 11) is 0. The largest absolute Gasteiger partial charge is 0.321 e. The molecule has 0 bridgehead atoms. The van der Waals surface area contributed by atoms with Gasteiger partial charge in [-0.05, 0) is 65.9 Å². The molecule has 0 spiro atoms. The molecule has 0 saturated carbocycles. The molecule has 1 saturated heterocycles. The summed E-state index contributed by atoms with van der Waals surface area (Å²) in [5.41, 5.74) is 3.69. The van der Waals surface area contributed by atoms with Gasteiger partial charge in [0.15, 0.2) is 5.82 Å². The lowest BCUT2D eigenvalue weighted by molar-refractivity contribution is 0.177. The Bertz CT molecular complexity index is 1240. The number of tetrazole rings is 1. The van der Waals surface area contributed by atoms with E-state index in [1.807, 2.05) is 54.1 Å². The van der Waals surface area contributed by atoms with Gasteiger partial charge in [-0.1, -0.05) is 55.0 Å². The lowest BCUT2D eigenvalue weighted by Gasteiger charge is -2.33. The van der Waals surface area contributed by atoms with Gasteiger partial charge in [-0.2, -0.15) is 0 Å². The number of aryl methyl sites for hydroxylation is 1. The van der Waals surface area contributed by atoms with Gasteiger partial charge in [0.25, 0.3) is 5.56 Å². The van der Waals surface area contributed by atoms with Crippen LogP contribution < -0.4 is 5.56 Å². The smallest absolute Gasteiger partial charge is 0.253 e.